The molecule has 1 heterocycles. The summed E-state index contributed by atoms with van der Waals surface area (Å²) >= 11 is 12.5. The highest BCUT2D eigenvalue weighted by atomic mass is 35.5. The lowest BCUT2D eigenvalue weighted by Gasteiger charge is -2.32. The Hall–Kier alpha value is -0.0900. The molecule has 0 saturated carbocycles. The molecule has 0 amide bonds. The second-order valence-electron chi connectivity index (χ2n) is 4.99. The summed E-state index contributed by atoms with van der Waals surface area (Å²) in [5, 5.41) is 4.76. The maximum Gasteiger partial charge on any atom is 0.0639 e. The highest BCUT2D eigenvalue weighted by Crippen LogP contribution is 2.41. The maximum absolute atomic E-state index is 12.4. The molecule has 1 aromatic rings. The standard InChI is InChI=1S/C13H17Cl2NOS/c1-7(2)16-11-6-8(3)18(17)13-10(15)5-4-9(14)12(11)13/h4-5,7-8,11,16H,6H2,1-3H3. The van der Waals surface area contributed by atoms with E-state index >= 15 is 0 Å². The van der Waals surface area contributed by atoms with E-state index in [0.717, 1.165) is 12.0 Å². The van der Waals surface area contributed by atoms with E-state index in [9.17, 15) is 4.21 Å². The van der Waals surface area contributed by atoms with Crippen LogP contribution in [0, 0.1) is 0 Å². The Morgan fingerprint density at radius 1 is 1.33 bits per heavy atom. The first kappa shape index (κ1) is 14.3. The molecule has 0 bridgehead atoms. The number of fused-ring (bicyclic) bond motifs is 1. The quantitative estimate of drug-likeness (QED) is 0.897. The van der Waals surface area contributed by atoms with Crippen molar-refractivity contribution in [3.8, 4) is 0 Å². The first-order valence-electron chi connectivity index (χ1n) is 6.06. The first-order chi connectivity index (χ1) is 8.41. The average Bonchev–Trinajstić information content (AvgIpc) is 2.28. The van der Waals surface area contributed by atoms with Gasteiger partial charge in [0.2, 0.25) is 0 Å². The van der Waals surface area contributed by atoms with Crippen LogP contribution in [-0.4, -0.2) is 15.5 Å². The molecular weight excluding hydrogens is 289 g/mol. The van der Waals surface area contributed by atoms with Gasteiger partial charge in [0.25, 0.3) is 0 Å². The van der Waals surface area contributed by atoms with Gasteiger partial charge in [-0.15, -0.1) is 0 Å². The number of benzene rings is 1. The Balaban J connectivity index is 2.55. The predicted octanol–water partition coefficient (Wildman–Crippen LogP) is 3.93. The van der Waals surface area contributed by atoms with E-state index in [1.54, 1.807) is 12.1 Å². The normalized spacial score (nSPS) is 27.3. The Morgan fingerprint density at radius 2 is 1.94 bits per heavy atom. The van der Waals surface area contributed by atoms with E-state index in [2.05, 4.69) is 19.2 Å². The van der Waals surface area contributed by atoms with E-state index in [1.807, 2.05) is 6.92 Å². The lowest BCUT2D eigenvalue weighted by atomic mass is 10.0. The first-order valence-corrected chi connectivity index (χ1v) is 8.03. The lowest BCUT2D eigenvalue weighted by Crippen LogP contribution is -2.35. The largest absolute Gasteiger partial charge is 0.308 e. The van der Waals surface area contributed by atoms with Crippen molar-refractivity contribution in [1.82, 2.24) is 5.32 Å². The molecular formula is C13H17Cl2NOS. The summed E-state index contributed by atoms with van der Waals surface area (Å²) in [5.41, 5.74) is 0.911. The minimum atomic E-state index is -1.07. The number of nitrogens with one attached hydrogen (secondary N) is 1. The van der Waals surface area contributed by atoms with Crippen LogP contribution in [0.3, 0.4) is 0 Å². The molecule has 0 aliphatic carbocycles. The summed E-state index contributed by atoms with van der Waals surface area (Å²) in [5.74, 6) is 0. The number of hydrogen-bond donors (Lipinski definition) is 1. The summed E-state index contributed by atoms with van der Waals surface area (Å²) in [6.45, 7) is 6.17. The second-order valence-corrected chi connectivity index (χ2v) is 7.61. The minimum Gasteiger partial charge on any atom is -0.308 e. The monoisotopic (exact) mass is 305 g/mol. The molecule has 1 aliphatic rings. The van der Waals surface area contributed by atoms with Crippen molar-refractivity contribution in [1.29, 1.82) is 0 Å². The van der Waals surface area contributed by atoms with Crippen LogP contribution in [0.2, 0.25) is 10.0 Å². The van der Waals surface area contributed by atoms with Crippen molar-refractivity contribution in [3.05, 3.63) is 27.7 Å². The number of rotatable bonds is 2. The fraction of sp³-hybridized carbons (Fsp3) is 0.538. The summed E-state index contributed by atoms with van der Waals surface area (Å²) in [7, 11) is -1.07. The molecule has 3 unspecified atom stereocenters. The molecule has 0 radical (unpaired) electrons. The topological polar surface area (TPSA) is 29.1 Å². The maximum atomic E-state index is 12.4. The van der Waals surface area contributed by atoms with Crippen LogP contribution in [0.1, 0.15) is 38.8 Å². The van der Waals surface area contributed by atoms with E-state index in [-0.39, 0.29) is 11.3 Å². The molecule has 1 N–H and O–H groups in total. The van der Waals surface area contributed by atoms with Gasteiger partial charge >= 0.3 is 0 Å². The SMILES string of the molecule is CC(C)NC1CC(C)S(=O)c2c(Cl)ccc(Cl)c21. The molecule has 1 aliphatic heterocycles. The molecule has 100 valence electrons. The molecule has 0 aromatic heterocycles. The van der Waals surface area contributed by atoms with Gasteiger partial charge in [0.05, 0.1) is 20.7 Å². The zero-order valence-electron chi connectivity index (χ0n) is 10.7. The Morgan fingerprint density at radius 3 is 2.56 bits per heavy atom. The molecule has 18 heavy (non-hydrogen) atoms. The van der Waals surface area contributed by atoms with Gasteiger partial charge in [-0.25, -0.2) is 0 Å². The summed E-state index contributed by atoms with van der Waals surface area (Å²) < 4.78 is 12.4. The van der Waals surface area contributed by atoms with Crippen molar-refractivity contribution >= 4 is 34.0 Å². The number of hydrogen-bond acceptors (Lipinski definition) is 2. The third-order valence-corrected chi connectivity index (χ3v) is 5.63. The van der Waals surface area contributed by atoms with Crippen molar-refractivity contribution in [2.45, 2.75) is 49.4 Å². The van der Waals surface area contributed by atoms with Gasteiger partial charge in [-0.2, -0.15) is 0 Å². The molecule has 1 aromatic carbocycles. The molecule has 3 atom stereocenters. The van der Waals surface area contributed by atoms with Gasteiger partial charge < -0.3 is 5.32 Å². The molecule has 0 fully saturated rings. The van der Waals surface area contributed by atoms with Gasteiger partial charge in [-0.3, -0.25) is 4.21 Å². The van der Waals surface area contributed by atoms with Crippen molar-refractivity contribution < 1.29 is 4.21 Å². The lowest BCUT2D eigenvalue weighted by molar-refractivity contribution is 0.437. The number of halogens is 2. The molecule has 0 saturated heterocycles. The zero-order valence-corrected chi connectivity index (χ0v) is 13.0. The van der Waals surface area contributed by atoms with Crippen molar-refractivity contribution in [3.63, 3.8) is 0 Å². The fourth-order valence-electron chi connectivity index (χ4n) is 2.37. The Kier molecular flexibility index (Phi) is 4.37. The summed E-state index contributed by atoms with van der Waals surface area (Å²) in [4.78, 5) is 0.709. The van der Waals surface area contributed by atoms with Crippen LogP contribution in [-0.2, 0) is 10.8 Å². The van der Waals surface area contributed by atoms with Crippen LogP contribution in [0.4, 0.5) is 0 Å². The van der Waals surface area contributed by atoms with Crippen LogP contribution in [0.5, 0.6) is 0 Å². The summed E-state index contributed by atoms with van der Waals surface area (Å²) in [6.07, 6.45) is 0.817. The van der Waals surface area contributed by atoms with Crippen LogP contribution in [0.15, 0.2) is 17.0 Å². The van der Waals surface area contributed by atoms with E-state index in [4.69, 9.17) is 23.2 Å². The minimum absolute atomic E-state index is 0.0877. The molecule has 5 heteroatoms. The van der Waals surface area contributed by atoms with E-state index < -0.39 is 10.8 Å². The van der Waals surface area contributed by atoms with Gasteiger partial charge in [0.15, 0.2) is 0 Å². The Labute approximate surface area is 121 Å². The smallest absolute Gasteiger partial charge is 0.0639 e. The van der Waals surface area contributed by atoms with Crippen LogP contribution < -0.4 is 5.32 Å². The molecule has 0 spiro atoms. The zero-order chi connectivity index (χ0) is 13.4. The van der Waals surface area contributed by atoms with Crippen molar-refractivity contribution in [2.75, 3.05) is 0 Å². The highest BCUT2D eigenvalue weighted by Gasteiger charge is 2.33. The Bertz CT molecular complexity index is 490. The van der Waals surface area contributed by atoms with Gasteiger partial charge in [0.1, 0.15) is 0 Å². The predicted molar refractivity (Wildman–Crippen MR) is 78.0 cm³/mol. The average molecular weight is 306 g/mol. The van der Waals surface area contributed by atoms with E-state index in [0.29, 0.717) is 21.0 Å². The van der Waals surface area contributed by atoms with Gasteiger partial charge in [-0.05, 0) is 18.6 Å². The van der Waals surface area contributed by atoms with E-state index in [1.165, 1.54) is 0 Å². The van der Waals surface area contributed by atoms with Crippen LogP contribution >= 0.6 is 23.2 Å². The fourth-order valence-corrected chi connectivity index (χ4v) is 4.61. The van der Waals surface area contributed by atoms with Gasteiger partial charge in [-0.1, -0.05) is 44.0 Å². The third kappa shape index (κ3) is 2.60. The third-order valence-electron chi connectivity index (χ3n) is 3.11. The molecule has 2 nitrogen and oxygen atoms in total. The van der Waals surface area contributed by atoms with Crippen molar-refractivity contribution in [2.24, 2.45) is 0 Å². The summed E-state index contributed by atoms with van der Waals surface area (Å²) in [6, 6.07) is 3.98. The van der Waals surface area contributed by atoms with Crippen LogP contribution in [0.25, 0.3) is 0 Å². The second kappa shape index (κ2) is 5.49. The molecule has 2 rings (SSSR count). The highest BCUT2D eigenvalue weighted by molar-refractivity contribution is 7.86. The van der Waals surface area contributed by atoms with Gasteiger partial charge in [0, 0.05) is 27.9 Å².